The Balaban J connectivity index is 1.58. The highest BCUT2D eigenvalue weighted by Crippen LogP contribution is 2.26. The summed E-state index contributed by atoms with van der Waals surface area (Å²) in [7, 11) is 0. The third-order valence-corrected chi connectivity index (χ3v) is 6.40. The molecule has 0 unspecified atom stereocenters. The molecule has 1 amide bonds. The average molecular weight is 437 g/mol. The molecule has 0 aromatic heterocycles. The molecule has 1 fully saturated rings. The van der Waals surface area contributed by atoms with Crippen LogP contribution in [0.5, 0.6) is 5.75 Å². The summed E-state index contributed by atoms with van der Waals surface area (Å²) in [6.45, 7) is 13.8. The first-order valence-electron chi connectivity index (χ1n) is 12.1. The Morgan fingerprint density at radius 2 is 1.53 bits per heavy atom. The Labute approximate surface area is 194 Å². The first kappa shape index (κ1) is 24.3. The molecule has 1 aliphatic heterocycles. The van der Waals surface area contributed by atoms with Crippen molar-refractivity contribution in [3.63, 3.8) is 0 Å². The first-order valence-corrected chi connectivity index (χ1v) is 12.1. The van der Waals surface area contributed by atoms with E-state index in [2.05, 4.69) is 81.2 Å². The second kappa shape index (κ2) is 11.0. The smallest absolute Gasteiger partial charge is 0.258 e. The third-order valence-electron chi connectivity index (χ3n) is 6.40. The summed E-state index contributed by atoms with van der Waals surface area (Å²) in [5.74, 6) is 1.17. The monoisotopic (exact) mass is 436 g/mol. The van der Waals surface area contributed by atoms with Gasteiger partial charge in [0, 0.05) is 6.54 Å². The van der Waals surface area contributed by atoms with E-state index in [9.17, 15) is 4.79 Å². The maximum atomic E-state index is 12.5. The van der Waals surface area contributed by atoms with E-state index < -0.39 is 0 Å². The molecule has 4 nitrogen and oxygen atoms in total. The highest BCUT2D eigenvalue weighted by Gasteiger charge is 2.23. The van der Waals surface area contributed by atoms with Gasteiger partial charge in [-0.2, -0.15) is 0 Å². The van der Waals surface area contributed by atoms with Crippen LogP contribution in [0.3, 0.4) is 0 Å². The van der Waals surface area contributed by atoms with Crippen molar-refractivity contribution in [2.45, 2.75) is 71.3 Å². The van der Waals surface area contributed by atoms with Gasteiger partial charge >= 0.3 is 0 Å². The molecule has 0 radical (unpaired) electrons. The summed E-state index contributed by atoms with van der Waals surface area (Å²) in [6.07, 6.45) is 3.74. The average Bonchev–Trinajstić information content (AvgIpc) is 2.78. The van der Waals surface area contributed by atoms with Crippen LogP contribution < -0.4 is 10.1 Å². The van der Waals surface area contributed by atoms with Crippen molar-refractivity contribution in [2.75, 3.05) is 26.2 Å². The molecule has 1 saturated heterocycles. The quantitative estimate of drug-likeness (QED) is 0.566. The summed E-state index contributed by atoms with van der Waals surface area (Å²) in [4.78, 5) is 15.1. The lowest BCUT2D eigenvalue weighted by molar-refractivity contribution is -0.123. The Morgan fingerprint density at radius 1 is 0.938 bits per heavy atom. The third kappa shape index (κ3) is 6.83. The van der Waals surface area contributed by atoms with E-state index in [1.54, 1.807) is 0 Å². The number of rotatable bonds is 8. The van der Waals surface area contributed by atoms with Gasteiger partial charge in [-0.3, -0.25) is 9.69 Å². The topological polar surface area (TPSA) is 41.6 Å². The lowest BCUT2D eigenvalue weighted by Crippen LogP contribution is -2.41. The molecule has 4 heteroatoms. The first-order chi connectivity index (χ1) is 15.2. The number of hydrogen-bond donors (Lipinski definition) is 1. The summed E-state index contributed by atoms with van der Waals surface area (Å²) >= 11 is 0. The van der Waals surface area contributed by atoms with Gasteiger partial charge < -0.3 is 10.1 Å². The van der Waals surface area contributed by atoms with E-state index in [1.165, 1.54) is 36.0 Å². The van der Waals surface area contributed by atoms with Gasteiger partial charge in [-0.05, 0) is 66.1 Å². The summed E-state index contributed by atoms with van der Waals surface area (Å²) in [5, 5.41) is 3.12. The fraction of sp³-hybridized carbons (Fsp3) is 0.536. The van der Waals surface area contributed by atoms with Gasteiger partial charge in [0.2, 0.25) is 0 Å². The zero-order chi connectivity index (χ0) is 23.1. The number of nitrogens with zero attached hydrogens (tertiary/aromatic N) is 1. The van der Waals surface area contributed by atoms with Gasteiger partial charge in [0.15, 0.2) is 6.61 Å². The number of carbonyl (C=O) groups is 1. The Kier molecular flexibility index (Phi) is 8.36. The minimum atomic E-state index is -0.0780. The van der Waals surface area contributed by atoms with E-state index in [1.807, 2.05) is 12.1 Å². The zero-order valence-electron chi connectivity index (χ0n) is 20.5. The van der Waals surface area contributed by atoms with Crippen LogP contribution in [0.4, 0.5) is 0 Å². The van der Waals surface area contributed by atoms with Crippen LogP contribution in [0.15, 0.2) is 48.5 Å². The second-order valence-corrected chi connectivity index (χ2v) is 10.3. The van der Waals surface area contributed by atoms with Crippen molar-refractivity contribution >= 4 is 5.91 Å². The Hall–Kier alpha value is -2.33. The minimum absolute atomic E-state index is 0.0356. The van der Waals surface area contributed by atoms with E-state index in [0.29, 0.717) is 12.5 Å². The molecule has 32 heavy (non-hydrogen) atoms. The maximum absolute atomic E-state index is 12.5. The van der Waals surface area contributed by atoms with Gasteiger partial charge in [0.1, 0.15) is 5.75 Å². The van der Waals surface area contributed by atoms with Gasteiger partial charge in [-0.25, -0.2) is 0 Å². The van der Waals surface area contributed by atoms with E-state index in [0.717, 1.165) is 18.8 Å². The van der Waals surface area contributed by atoms with Crippen molar-refractivity contribution < 1.29 is 9.53 Å². The maximum Gasteiger partial charge on any atom is 0.258 e. The second-order valence-electron chi connectivity index (χ2n) is 10.3. The predicted octanol–water partition coefficient (Wildman–Crippen LogP) is 5.83. The van der Waals surface area contributed by atoms with Gasteiger partial charge in [-0.1, -0.05) is 77.4 Å². The number of likely N-dealkylation sites (tertiary alicyclic amines) is 1. The van der Waals surface area contributed by atoms with Gasteiger partial charge in [-0.15, -0.1) is 0 Å². The molecule has 0 saturated carbocycles. The lowest BCUT2D eigenvalue weighted by atomic mass is 9.87. The van der Waals surface area contributed by atoms with Crippen LogP contribution in [0, 0.1) is 0 Å². The lowest BCUT2D eigenvalue weighted by Gasteiger charge is -2.35. The van der Waals surface area contributed by atoms with Crippen LogP contribution in [-0.4, -0.2) is 37.0 Å². The van der Waals surface area contributed by atoms with Crippen molar-refractivity contribution in [3.05, 3.63) is 65.2 Å². The normalized spacial score (nSPS) is 16.1. The van der Waals surface area contributed by atoms with Crippen LogP contribution in [0.2, 0.25) is 0 Å². The standard InChI is InChI=1S/C28H40N2O2/c1-21(2)22-9-11-23(12-10-22)26(30-17-7-6-8-18-30)19-29-27(31)20-32-25-15-13-24(14-16-25)28(3,4)5/h9-16,21,26H,6-8,17-20H2,1-5H3,(H,29,31)/t26-/m1/s1. The molecule has 174 valence electrons. The molecule has 0 aliphatic carbocycles. The predicted molar refractivity (Wildman–Crippen MR) is 132 cm³/mol. The highest BCUT2D eigenvalue weighted by molar-refractivity contribution is 5.77. The molecule has 1 aliphatic rings. The number of hydrogen-bond acceptors (Lipinski definition) is 3. The van der Waals surface area contributed by atoms with Crippen LogP contribution in [0.25, 0.3) is 0 Å². The minimum Gasteiger partial charge on any atom is -0.484 e. The van der Waals surface area contributed by atoms with Crippen molar-refractivity contribution in [3.8, 4) is 5.75 Å². The highest BCUT2D eigenvalue weighted by atomic mass is 16.5. The van der Waals surface area contributed by atoms with Crippen LogP contribution in [0.1, 0.15) is 82.5 Å². The largest absolute Gasteiger partial charge is 0.484 e. The van der Waals surface area contributed by atoms with E-state index in [4.69, 9.17) is 4.74 Å². The molecule has 3 rings (SSSR count). The molecular weight excluding hydrogens is 396 g/mol. The number of ether oxygens (including phenoxy) is 1. The number of piperidine rings is 1. The van der Waals surface area contributed by atoms with Crippen LogP contribution >= 0.6 is 0 Å². The number of carbonyl (C=O) groups excluding carboxylic acids is 1. The molecule has 2 aromatic rings. The zero-order valence-corrected chi connectivity index (χ0v) is 20.5. The van der Waals surface area contributed by atoms with E-state index >= 15 is 0 Å². The molecule has 0 bridgehead atoms. The number of benzene rings is 2. The Morgan fingerprint density at radius 3 is 2.09 bits per heavy atom. The Bertz CT molecular complexity index is 844. The van der Waals surface area contributed by atoms with Gasteiger partial charge in [0.05, 0.1) is 6.04 Å². The summed E-state index contributed by atoms with van der Waals surface area (Å²) in [6, 6.07) is 17.1. The van der Waals surface area contributed by atoms with Gasteiger partial charge in [0.25, 0.3) is 5.91 Å². The fourth-order valence-corrected chi connectivity index (χ4v) is 4.25. The van der Waals surface area contributed by atoms with Crippen LogP contribution in [-0.2, 0) is 10.2 Å². The molecule has 0 spiro atoms. The van der Waals surface area contributed by atoms with Crippen molar-refractivity contribution in [1.29, 1.82) is 0 Å². The molecule has 1 N–H and O–H groups in total. The number of nitrogens with one attached hydrogen (secondary N) is 1. The molecule has 2 aromatic carbocycles. The van der Waals surface area contributed by atoms with Crippen molar-refractivity contribution in [1.82, 2.24) is 10.2 Å². The molecule has 1 heterocycles. The summed E-state index contributed by atoms with van der Waals surface area (Å²) in [5.41, 5.74) is 3.98. The van der Waals surface area contributed by atoms with Crippen molar-refractivity contribution in [2.24, 2.45) is 0 Å². The molecule has 1 atom stereocenters. The fourth-order valence-electron chi connectivity index (χ4n) is 4.25. The summed E-state index contributed by atoms with van der Waals surface area (Å²) < 4.78 is 5.74. The molecular formula is C28H40N2O2. The van der Waals surface area contributed by atoms with E-state index in [-0.39, 0.29) is 24.0 Å². The number of amides is 1. The SMILES string of the molecule is CC(C)c1ccc([C@@H](CNC(=O)COc2ccc(C(C)(C)C)cc2)N2CCCCC2)cc1.